The Labute approximate surface area is 175 Å². The van der Waals surface area contributed by atoms with Gasteiger partial charge >= 0.3 is 0 Å². The normalized spacial score (nSPS) is 14.9. The van der Waals surface area contributed by atoms with Gasteiger partial charge in [-0.25, -0.2) is 0 Å². The summed E-state index contributed by atoms with van der Waals surface area (Å²) in [7, 11) is 0. The Morgan fingerprint density at radius 3 is 1.93 bits per heavy atom. The number of carbonyl (C=O) groups is 1. The van der Waals surface area contributed by atoms with E-state index in [9.17, 15) is 4.79 Å². The summed E-state index contributed by atoms with van der Waals surface area (Å²) in [6, 6.07) is 0. The highest BCUT2D eigenvalue weighted by atomic mass is 16.1. The van der Waals surface area contributed by atoms with Crippen LogP contribution in [0.4, 0.5) is 0 Å². The van der Waals surface area contributed by atoms with Crippen molar-refractivity contribution in [3.05, 3.63) is 12.2 Å². The van der Waals surface area contributed by atoms with E-state index in [4.69, 9.17) is 0 Å². The Morgan fingerprint density at radius 2 is 1.32 bits per heavy atom. The third kappa shape index (κ3) is 16.2. The summed E-state index contributed by atoms with van der Waals surface area (Å²) in [6.07, 6.45) is 26.7. The number of amides is 1. The summed E-state index contributed by atoms with van der Waals surface area (Å²) in [4.78, 5) is 14.2. The zero-order valence-corrected chi connectivity index (χ0v) is 18.9. The number of hydrogen-bond donors (Lipinski definition) is 1. The van der Waals surface area contributed by atoms with Crippen molar-refractivity contribution in [3.63, 3.8) is 0 Å². The van der Waals surface area contributed by atoms with E-state index >= 15 is 0 Å². The molecule has 0 aromatic heterocycles. The molecule has 1 amide bonds. The van der Waals surface area contributed by atoms with Crippen molar-refractivity contribution in [3.8, 4) is 0 Å². The molecule has 1 heterocycles. The maximum absolute atomic E-state index is 11.8. The van der Waals surface area contributed by atoms with Gasteiger partial charge in [0, 0.05) is 19.5 Å². The number of nitrogens with one attached hydrogen (secondary N) is 1. The van der Waals surface area contributed by atoms with Gasteiger partial charge in [-0.15, -0.1) is 0 Å². The Hall–Kier alpha value is -0.830. The van der Waals surface area contributed by atoms with Crippen molar-refractivity contribution in [1.29, 1.82) is 0 Å². The van der Waals surface area contributed by atoms with Crippen LogP contribution in [0, 0.1) is 0 Å². The summed E-state index contributed by atoms with van der Waals surface area (Å²) in [5.41, 5.74) is 0. The standard InChI is InChI=1S/C25H48N2O/c1-2-3-4-5-6-7-8-9-10-11-12-13-14-15-16-17-21-26-25(28)20-24-27-22-18-19-23-27/h9-10H,2-8,11-24H2,1H3,(H,26,28)/b10-9-. The third-order valence-corrected chi connectivity index (χ3v) is 5.86. The molecule has 1 aliphatic rings. The van der Waals surface area contributed by atoms with Crippen LogP contribution in [0.1, 0.15) is 116 Å². The predicted octanol–water partition coefficient (Wildman–Crippen LogP) is 6.63. The Balaban J connectivity index is 1.73. The van der Waals surface area contributed by atoms with Crippen LogP contribution in [0.3, 0.4) is 0 Å². The number of carbonyl (C=O) groups excluding carboxylic acids is 1. The number of allylic oxidation sites excluding steroid dienone is 2. The first kappa shape index (κ1) is 25.2. The van der Waals surface area contributed by atoms with Crippen molar-refractivity contribution < 1.29 is 4.79 Å². The summed E-state index contributed by atoms with van der Waals surface area (Å²) in [5, 5.41) is 3.08. The third-order valence-electron chi connectivity index (χ3n) is 5.86. The van der Waals surface area contributed by atoms with Gasteiger partial charge in [0.25, 0.3) is 0 Å². The molecule has 0 saturated carbocycles. The van der Waals surface area contributed by atoms with Crippen LogP contribution >= 0.6 is 0 Å². The maximum Gasteiger partial charge on any atom is 0.221 e. The van der Waals surface area contributed by atoms with Crippen LogP contribution < -0.4 is 5.32 Å². The van der Waals surface area contributed by atoms with Gasteiger partial charge in [-0.3, -0.25) is 4.79 Å². The van der Waals surface area contributed by atoms with Gasteiger partial charge < -0.3 is 10.2 Å². The first-order chi connectivity index (χ1) is 13.8. The molecule has 28 heavy (non-hydrogen) atoms. The van der Waals surface area contributed by atoms with Crippen LogP contribution in [0.25, 0.3) is 0 Å². The van der Waals surface area contributed by atoms with E-state index in [2.05, 4.69) is 29.3 Å². The summed E-state index contributed by atoms with van der Waals surface area (Å²) >= 11 is 0. The van der Waals surface area contributed by atoms with E-state index in [-0.39, 0.29) is 5.91 Å². The highest BCUT2D eigenvalue weighted by Gasteiger charge is 2.12. The SMILES string of the molecule is CCCCCCCC/C=C\CCCCCCCCNC(=O)CCN1CCCC1. The van der Waals surface area contributed by atoms with Crippen LogP contribution in [-0.4, -0.2) is 37.0 Å². The molecule has 0 aliphatic carbocycles. The first-order valence-corrected chi connectivity index (χ1v) is 12.5. The fraction of sp³-hybridized carbons (Fsp3) is 0.880. The topological polar surface area (TPSA) is 32.3 Å². The average molecular weight is 393 g/mol. The molecule has 0 aromatic rings. The van der Waals surface area contributed by atoms with E-state index in [1.54, 1.807) is 0 Å². The smallest absolute Gasteiger partial charge is 0.221 e. The molecule has 3 heteroatoms. The second-order valence-electron chi connectivity index (χ2n) is 8.59. The van der Waals surface area contributed by atoms with E-state index < -0.39 is 0 Å². The fourth-order valence-electron chi connectivity index (χ4n) is 3.95. The number of likely N-dealkylation sites (tertiary alicyclic amines) is 1. The van der Waals surface area contributed by atoms with Gasteiger partial charge in [-0.1, -0.05) is 76.9 Å². The van der Waals surface area contributed by atoms with Crippen molar-refractivity contribution in [2.75, 3.05) is 26.2 Å². The number of nitrogens with zero attached hydrogens (tertiary/aromatic N) is 1. The molecule has 0 bridgehead atoms. The lowest BCUT2D eigenvalue weighted by Gasteiger charge is -2.13. The largest absolute Gasteiger partial charge is 0.356 e. The summed E-state index contributed by atoms with van der Waals surface area (Å²) in [6.45, 7) is 6.45. The molecule has 0 spiro atoms. The van der Waals surface area contributed by atoms with E-state index in [1.165, 1.54) is 109 Å². The number of unbranched alkanes of at least 4 members (excludes halogenated alkanes) is 12. The molecule has 3 nitrogen and oxygen atoms in total. The number of hydrogen-bond acceptors (Lipinski definition) is 2. The van der Waals surface area contributed by atoms with Crippen LogP contribution in [-0.2, 0) is 4.79 Å². The van der Waals surface area contributed by atoms with Gasteiger partial charge in [0.1, 0.15) is 0 Å². The van der Waals surface area contributed by atoms with Crippen molar-refractivity contribution in [2.24, 2.45) is 0 Å². The zero-order valence-electron chi connectivity index (χ0n) is 18.9. The average Bonchev–Trinajstić information content (AvgIpc) is 3.22. The van der Waals surface area contributed by atoms with Gasteiger partial charge in [0.05, 0.1) is 0 Å². The monoisotopic (exact) mass is 392 g/mol. The van der Waals surface area contributed by atoms with Gasteiger partial charge in [-0.05, 0) is 58.0 Å². The molecular formula is C25H48N2O. The van der Waals surface area contributed by atoms with Gasteiger partial charge in [0.2, 0.25) is 5.91 Å². The molecule has 0 aromatic carbocycles. The minimum atomic E-state index is 0.236. The molecule has 0 unspecified atom stereocenters. The fourth-order valence-corrected chi connectivity index (χ4v) is 3.95. The molecule has 1 fully saturated rings. The van der Waals surface area contributed by atoms with Crippen molar-refractivity contribution >= 4 is 5.91 Å². The van der Waals surface area contributed by atoms with Crippen LogP contribution in [0.15, 0.2) is 12.2 Å². The van der Waals surface area contributed by atoms with Gasteiger partial charge in [-0.2, -0.15) is 0 Å². The summed E-state index contributed by atoms with van der Waals surface area (Å²) < 4.78 is 0. The molecule has 1 rings (SSSR count). The molecule has 1 N–H and O–H groups in total. The van der Waals surface area contributed by atoms with Crippen LogP contribution in [0.2, 0.25) is 0 Å². The minimum absolute atomic E-state index is 0.236. The highest BCUT2D eigenvalue weighted by molar-refractivity contribution is 5.75. The lowest BCUT2D eigenvalue weighted by atomic mass is 10.1. The van der Waals surface area contributed by atoms with Gasteiger partial charge in [0.15, 0.2) is 0 Å². The first-order valence-electron chi connectivity index (χ1n) is 12.5. The van der Waals surface area contributed by atoms with Crippen LogP contribution in [0.5, 0.6) is 0 Å². The van der Waals surface area contributed by atoms with E-state index in [0.29, 0.717) is 6.42 Å². The molecule has 1 aliphatic heterocycles. The molecule has 164 valence electrons. The Bertz CT molecular complexity index is 375. The maximum atomic E-state index is 11.8. The highest BCUT2D eigenvalue weighted by Crippen LogP contribution is 2.10. The molecule has 1 saturated heterocycles. The lowest BCUT2D eigenvalue weighted by Crippen LogP contribution is -2.29. The predicted molar refractivity (Wildman–Crippen MR) is 123 cm³/mol. The second kappa shape index (κ2) is 19.5. The van der Waals surface area contributed by atoms with E-state index in [1.807, 2.05) is 0 Å². The lowest BCUT2D eigenvalue weighted by molar-refractivity contribution is -0.121. The second-order valence-corrected chi connectivity index (χ2v) is 8.59. The molecule has 0 radical (unpaired) electrons. The summed E-state index contributed by atoms with van der Waals surface area (Å²) in [5.74, 6) is 0.236. The Kier molecular flexibility index (Phi) is 17.5. The van der Waals surface area contributed by atoms with Crippen molar-refractivity contribution in [2.45, 2.75) is 116 Å². The Morgan fingerprint density at radius 1 is 0.786 bits per heavy atom. The zero-order chi connectivity index (χ0) is 20.1. The molecule has 0 atom stereocenters. The minimum Gasteiger partial charge on any atom is -0.356 e. The quantitative estimate of drug-likeness (QED) is 0.198. The van der Waals surface area contributed by atoms with E-state index in [0.717, 1.165) is 19.5 Å². The molecular weight excluding hydrogens is 344 g/mol. The van der Waals surface area contributed by atoms with Crippen molar-refractivity contribution in [1.82, 2.24) is 10.2 Å². The number of rotatable bonds is 19.